The van der Waals surface area contributed by atoms with Gasteiger partial charge in [0.1, 0.15) is 6.04 Å². The summed E-state index contributed by atoms with van der Waals surface area (Å²) in [6.45, 7) is 1.75. The van der Waals surface area contributed by atoms with Gasteiger partial charge in [-0.25, -0.2) is 13.4 Å². The maximum atomic E-state index is 13.6. The summed E-state index contributed by atoms with van der Waals surface area (Å²) in [6, 6.07) is 9.12. The number of rotatable bonds is 7. The van der Waals surface area contributed by atoms with Crippen LogP contribution in [0.3, 0.4) is 0 Å². The summed E-state index contributed by atoms with van der Waals surface area (Å²) in [5.74, 6) is -1.91. The second-order valence-corrected chi connectivity index (χ2v) is 9.95. The molecule has 0 aliphatic heterocycles. The number of allylic oxidation sites excluding steroid dienone is 1. The highest BCUT2D eigenvalue weighted by Gasteiger charge is 2.39. The number of aliphatic imine (C=N–C) groups is 2. The van der Waals surface area contributed by atoms with E-state index in [-0.39, 0.29) is 20.7 Å². The van der Waals surface area contributed by atoms with E-state index in [1.807, 2.05) is 0 Å². The van der Waals surface area contributed by atoms with Crippen molar-refractivity contribution in [2.24, 2.45) is 15.7 Å². The van der Waals surface area contributed by atoms with E-state index >= 15 is 0 Å². The van der Waals surface area contributed by atoms with Gasteiger partial charge in [-0.15, -0.1) is 0 Å². The van der Waals surface area contributed by atoms with Gasteiger partial charge in [0.15, 0.2) is 14.9 Å². The predicted molar refractivity (Wildman–Crippen MR) is 129 cm³/mol. The molecule has 2 rings (SSSR count). The fraction of sp³-hybridized carbons (Fsp3) is 0.273. The molecule has 2 aromatic carbocycles. The number of hydrogen-bond donors (Lipinski definition) is 1. The first kappa shape index (κ1) is 26.9. The molecule has 0 aliphatic rings. The molecule has 2 N–H and O–H groups in total. The molecule has 11 heteroatoms. The number of nitrogens with two attached hydrogens (primary N) is 1. The lowest BCUT2D eigenvalue weighted by Gasteiger charge is -2.18. The summed E-state index contributed by atoms with van der Waals surface area (Å²) in [5, 5.41) is 0.0618. The van der Waals surface area contributed by atoms with Crippen LogP contribution in [0, 0.1) is 0 Å². The lowest BCUT2D eigenvalue weighted by molar-refractivity contribution is -0.139. The average molecular weight is 520 g/mol. The molecule has 2 atom stereocenters. The third-order valence-corrected chi connectivity index (χ3v) is 6.09. The second-order valence-electron chi connectivity index (χ2n) is 7.12. The van der Waals surface area contributed by atoms with Crippen LogP contribution >= 0.6 is 23.2 Å². The second kappa shape index (κ2) is 11.2. The van der Waals surface area contributed by atoms with E-state index in [0.717, 1.165) is 18.7 Å². The molecule has 0 radical (unpaired) electrons. The third kappa shape index (κ3) is 7.87. The molecule has 178 valence electrons. The van der Waals surface area contributed by atoms with Crippen molar-refractivity contribution in [1.29, 1.82) is 0 Å². The van der Waals surface area contributed by atoms with Crippen molar-refractivity contribution in [1.82, 2.24) is 0 Å². The van der Waals surface area contributed by atoms with E-state index in [4.69, 9.17) is 28.9 Å². The highest BCUT2D eigenvalue weighted by Crippen LogP contribution is 2.38. The van der Waals surface area contributed by atoms with Gasteiger partial charge < -0.3 is 5.73 Å². The molecule has 0 aliphatic carbocycles. The fourth-order valence-electron chi connectivity index (χ4n) is 3.01. The summed E-state index contributed by atoms with van der Waals surface area (Å²) in [4.78, 5) is 8.13. The van der Waals surface area contributed by atoms with Gasteiger partial charge in [0.05, 0.1) is 17.9 Å². The first-order chi connectivity index (χ1) is 15.3. The normalized spacial score (nSPS) is 15.3. The van der Waals surface area contributed by atoms with E-state index in [9.17, 15) is 21.6 Å². The Labute approximate surface area is 200 Å². The molecular weight excluding hydrogens is 498 g/mol. The molecule has 0 aromatic heterocycles. The molecule has 5 nitrogen and oxygen atoms in total. The Balaban J connectivity index is 2.37. The van der Waals surface area contributed by atoms with Crippen molar-refractivity contribution in [2.75, 3.05) is 6.26 Å². The Morgan fingerprint density at radius 1 is 1.12 bits per heavy atom. The standard InChI is InChI=1S/C22H22Cl2F3N3O2S/c1-3-20(29-13-28)21(33(2,31)32)30-18-7-4-14(5-8-18)6-9-19(22(25,26)27)15-10-16(23)12-17(24)11-15/h4-13,19-20H,3H2,1-2H3,(H2,28,29). The molecule has 2 aromatic rings. The van der Waals surface area contributed by atoms with E-state index in [1.54, 1.807) is 6.92 Å². The third-order valence-electron chi connectivity index (χ3n) is 4.53. The zero-order chi connectivity index (χ0) is 24.8. The molecule has 0 amide bonds. The van der Waals surface area contributed by atoms with Gasteiger partial charge in [-0.2, -0.15) is 13.2 Å². The molecule has 0 fully saturated rings. The summed E-state index contributed by atoms with van der Waals surface area (Å²) >= 11 is 11.7. The Kier molecular flexibility index (Phi) is 9.11. The van der Waals surface area contributed by atoms with Gasteiger partial charge in [-0.05, 0) is 47.9 Å². The predicted octanol–water partition coefficient (Wildman–Crippen LogP) is 6.19. The van der Waals surface area contributed by atoms with E-state index in [0.29, 0.717) is 17.7 Å². The van der Waals surface area contributed by atoms with E-state index in [2.05, 4.69) is 9.98 Å². The highest BCUT2D eigenvalue weighted by atomic mass is 35.5. The van der Waals surface area contributed by atoms with Gasteiger partial charge in [-0.1, -0.05) is 54.4 Å². The lowest BCUT2D eigenvalue weighted by Crippen LogP contribution is -2.26. The van der Waals surface area contributed by atoms with Crippen molar-refractivity contribution in [3.63, 3.8) is 0 Å². The number of benzene rings is 2. The lowest BCUT2D eigenvalue weighted by atomic mass is 9.97. The van der Waals surface area contributed by atoms with E-state index in [1.165, 1.54) is 48.5 Å². The Morgan fingerprint density at radius 2 is 1.70 bits per heavy atom. The number of halogens is 5. The molecule has 0 saturated carbocycles. The van der Waals surface area contributed by atoms with Gasteiger partial charge in [0, 0.05) is 16.3 Å². The van der Waals surface area contributed by atoms with Crippen LogP contribution in [-0.2, 0) is 9.84 Å². The largest absolute Gasteiger partial charge is 0.399 e. The quantitative estimate of drug-likeness (QED) is 0.349. The molecule has 33 heavy (non-hydrogen) atoms. The molecule has 0 spiro atoms. The SMILES string of the molecule is CCC(N=CN)C(=Nc1ccc(C=CC(c2cc(Cl)cc(Cl)c2)C(F)(F)F)cc1)S(C)(=O)=O. The van der Waals surface area contributed by atoms with Crippen LogP contribution in [-0.4, -0.2) is 38.3 Å². The minimum atomic E-state index is -4.56. The van der Waals surface area contributed by atoms with Crippen LogP contribution < -0.4 is 5.73 Å². The molecule has 2 unspecified atom stereocenters. The number of nitrogens with zero attached hydrogens (tertiary/aromatic N) is 2. The molecular formula is C22H22Cl2F3N3O2S. The van der Waals surface area contributed by atoms with Crippen LogP contribution in [0.15, 0.2) is 58.5 Å². The zero-order valence-corrected chi connectivity index (χ0v) is 20.1. The molecule has 0 bridgehead atoms. The van der Waals surface area contributed by atoms with Crippen LogP contribution in [0.1, 0.15) is 30.4 Å². The molecule has 0 saturated heterocycles. The van der Waals surface area contributed by atoms with Crippen LogP contribution in [0.5, 0.6) is 0 Å². The Hall–Kier alpha value is -2.36. The zero-order valence-electron chi connectivity index (χ0n) is 17.7. The summed E-state index contributed by atoms with van der Waals surface area (Å²) < 4.78 is 65.2. The fourth-order valence-corrected chi connectivity index (χ4v) is 4.55. The monoisotopic (exact) mass is 519 g/mol. The van der Waals surface area contributed by atoms with Crippen molar-refractivity contribution < 1.29 is 21.6 Å². The van der Waals surface area contributed by atoms with Crippen molar-refractivity contribution in [3.8, 4) is 0 Å². The maximum Gasteiger partial charge on any atom is 0.399 e. The topological polar surface area (TPSA) is 84.9 Å². The smallest absolute Gasteiger partial charge is 0.390 e. The number of alkyl halides is 3. The van der Waals surface area contributed by atoms with Gasteiger partial charge in [0.2, 0.25) is 0 Å². The minimum Gasteiger partial charge on any atom is -0.390 e. The number of hydrogen-bond acceptors (Lipinski definition) is 4. The van der Waals surface area contributed by atoms with Crippen LogP contribution in [0.4, 0.5) is 18.9 Å². The Bertz CT molecular complexity index is 1140. The Morgan fingerprint density at radius 3 is 2.15 bits per heavy atom. The average Bonchev–Trinajstić information content (AvgIpc) is 2.69. The van der Waals surface area contributed by atoms with Gasteiger partial charge in [-0.3, -0.25) is 4.99 Å². The van der Waals surface area contributed by atoms with Crippen molar-refractivity contribution >= 4 is 56.2 Å². The van der Waals surface area contributed by atoms with Gasteiger partial charge >= 0.3 is 6.18 Å². The van der Waals surface area contributed by atoms with Crippen molar-refractivity contribution in [3.05, 3.63) is 69.7 Å². The summed E-state index contributed by atoms with van der Waals surface area (Å²) in [7, 11) is -3.66. The van der Waals surface area contributed by atoms with Crippen molar-refractivity contribution in [2.45, 2.75) is 31.5 Å². The minimum absolute atomic E-state index is 0.0821. The summed E-state index contributed by atoms with van der Waals surface area (Å²) in [6.07, 6.45) is 0.172. The number of sulfone groups is 1. The van der Waals surface area contributed by atoms with Crippen LogP contribution in [0.2, 0.25) is 10.0 Å². The molecule has 0 heterocycles. The van der Waals surface area contributed by atoms with E-state index < -0.39 is 28.0 Å². The maximum absolute atomic E-state index is 13.6. The first-order valence-corrected chi connectivity index (χ1v) is 12.3. The summed E-state index contributed by atoms with van der Waals surface area (Å²) in [5.41, 5.74) is 5.99. The van der Waals surface area contributed by atoms with Gasteiger partial charge in [0.25, 0.3) is 0 Å². The highest BCUT2D eigenvalue weighted by molar-refractivity contribution is 8.06. The van der Waals surface area contributed by atoms with Crippen LogP contribution in [0.25, 0.3) is 6.08 Å². The first-order valence-electron chi connectivity index (χ1n) is 9.68.